The Morgan fingerprint density at radius 3 is 2.42 bits per heavy atom. The molecule has 5 atom stereocenters. The number of alkyl halides is 3. The van der Waals surface area contributed by atoms with Gasteiger partial charge in [0.05, 0.1) is 5.57 Å². The highest BCUT2D eigenvalue weighted by molar-refractivity contribution is 5.93. The van der Waals surface area contributed by atoms with E-state index in [0.29, 0.717) is 18.4 Å². The zero-order valence-corrected chi connectivity index (χ0v) is 22.3. The van der Waals surface area contributed by atoms with Crippen LogP contribution >= 0.6 is 0 Å². The summed E-state index contributed by atoms with van der Waals surface area (Å²) in [5, 5.41) is 0. The van der Waals surface area contributed by atoms with E-state index in [9.17, 15) is 22.8 Å². The van der Waals surface area contributed by atoms with Crippen LogP contribution in [0.4, 0.5) is 13.2 Å². The summed E-state index contributed by atoms with van der Waals surface area (Å²) in [4.78, 5) is 25.3. The fourth-order valence-electron chi connectivity index (χ4n) is 6.96. The van der Waals surface area contributed by atoms with Gasteiger partial charge >= 0.3 is 18.1 Å². The number of rotatable bonds is 6. The number of hydrogen-bond acceptors (Lipinski definition) is 5. The maximum Gasteiger partial charge on any atom is 0.432 e. The van der Waals surface area contributed by atoms with Crippen molar-refractivity contribution in [3.63, 3.8) is 0 Å². The summed E-state index contributed by atoms with van der Waals surface area (Å²) < 4.78 is 59.0. The smallest absolute Gasteiger partial charge is 0.432 e. The second-order valence-corrected chi connectivity index (χ2v) is 11.4. The maximum atomic E-state index is 14.4. The Hall–Kier alpha value is -2.87. The lowest BCUT2D eigenvalue weighted by molar-refractivity contribution is -0.282. The van der Waals surface area contributed by atoms with E-state index in [0.717, 1.165) is 25.5 Å². The van der Waals surface area contributed by atoms with Crippen LogP contribution in [0.2, 0.25) is 0 Å². The molecule has 2 saturated carbocycles. The van der Waals surface area contributed by atoms with E-state index in [1.54, 1.807) is 18.2 Å². The zero-order valence-electron chi connectivity index (χ0n) is 22.3. The van der Waals surface area contributed by atoms with Gasteiger partial charge in [-0.1, -0.05) is 75.4 Å². The second kappa shape index (κ2) is 10.0. The molecule has 0 radical (unpaired) electrons. The van der Waals surface area contributed by atoms with Crippen molar-refractivity contribution in [2.75, 3.05) is 13.7 Å². The third-order valence-corrected chi connectivity index (χ3v) is 9.02. The average Bonchev–Trinajstić information content (AvgIpc) is 3.25. The van der Waals surface area contributed by atoms with Crippen molar-refractivity contribution in [2.24, 2.45) is 22.7 Å². The van der Waals surface area contributed by atoms with E-state index in [-0.39, 0.29) is 35.4 Å². The predicted molar refractivity (Wildman–Crippen MR) is 136 cm³/mol. The maximum absolute atomic E-state index is 14.4. The molecule has 206 valence electrons. The SMILES string of the molecule is C=C1CC[C@H]2C(C)(C)[C@@H](OC(=O)[C@@](OC)(c3ccccc3)C(F)(F)F)CC[C@]2(C)[C@H]1/C=C/C1=CCOC1=O. The number of hydrogen-bond donors (Lipinski definition) is 0. The number of ether oxygens (including phenoxy) is 3. The van der Waals surface area contributed by atoms with E-state index >= 15 is 0 Å². The molecule has 2 aliphatic carbocycles. The van der Waals surface area contributed by atoms with Crippen molar-refractivity contribution in [1.29, 1.82) is 0 Å². The summed E-state index contributed by atoms with van der Waals surface area (Å²) in [6.07, 6.45) is 2.28. The van der Waals surface area contributed by atoms with Crippen molar-refractivity contribution in [3.05, 3.63) is 71.8 Å². The average molecular weight is 533 g/mol. The van der Waals surface area contributed by atoms with E-state index in [1.807, 2.05) is 19.9 Å². The number of carbonyl (C=O) groups excluding carboxylic acids is 2. The lowest BCUT2D eigenvalue weighted by Crippen LogP contribution is -2.58. The predicted octanol–water partition coefficient (Wildman–Crippen LogP) is 6.45. The fraction of sp³-hybridized carbons (Fsp3) is 0.533. The molecule has 1 aliphatic heterocycles. The highest BCUT2D eigenvalue weighted by Gasteiger charge is 2.65. The Labute approximate surface area is 221 Å². The second-order valence-electron chi connectivity index (χ2n) is 11.4. The molecular weight excluding hydrogens is 497 g/mol. The quantitative estimate of drug-likeness (QED) is 0.311. The molecule has 4 rings (SSSR count). The van der Waals surface area contributed by atoms with Crippen molar-refractivity contribution < 1.29 is 37.0 Å². The lowest BCUT2D eigenvalue weighted by Gasteiger charge is -2.59. The normalized spacial score (nSPS) is 30.8. The van der Waals surface area contributed by atoms with Gasteiger partial charge < -0.3 is 14.2 Å². The van der Waals surface area contributed by atoms with Gasteiger partial charge in [-0.25, -0.2) is 9.59 Å². The number of cyclic esters (lactones) is 1. The van der Waals surface area contributed by atoms with E-state index < -0.39 is 29.3 Å². The molecule has 0 spiro atoms. The minimum atomic E-state index is -5.03. The van der Waals surface area contributed by atoms with Gasteiger partial charge in [-0.05, 0) is 43.1 Å². The monoisotopic (exact) mass is 532 g/mol. The number of allylic oxidation sites excluding steroid dienone is 2. The number of halogens is 3. The molecule has 1 heterocycles. The van der Waals surface area contributed by atoms with E-state index in [4.69, 9.17) is 14.2 Å². The molecule has 38 heavy (non-hydrogen) atoms. The highest BCUT2D eigenvalue weighted by atomic mass is 19.4. The molecule has 1 aromatic carbocycles. The first-order valence-electron chi connectivity index (χ1n) is 12.9. The molecule has 1 aromatic rings. The molecule has 3 aliphatic rings. The molecule has 0 saturated heterocycles. The summed E-state index contributed by atoms with van der Waals surface area (Å²) in [5.74, 6) is -1.82. The molecular formula is C30H35F3O5. The van der Waals surface area contributed by atoms with Crippen molar-refractivity contribution in [2.45, 2.75) is 64.3 Å². The van der Waals surface area contributed by atoms with Gasteiger partial charge in [0.1, 0.15) is 12.7 Å². The number of benzene rings is 1. The Morgan fingerprint density at radius 2 is 1.84 bits per heavy atom. The first-order chi connectivity index (χ1) is 17.8. The number of carbonyl (C=O) groups is 2. The van der Waals surface area contributed by atoms with Gasteiger partial charge in [-0.15, -0.1) is 0 Å². The van der Waals surface area contributed by atoms with Gasteiger partial charge in [-0.2, -0.15) is 13.2 Å². The standard InChI is InChI=1S/C30H35F3O5/c1-19-11-14-23-27(2,3)24(15-17-28(23,4)22(19)13-12-20-16-18-37-25(20)34)38-26(35)29(36-5,30(31,32)33)21-9-7-6-8-10-21/h6-10,12-13,16,22-24H,1,11,14-15,17-18H2,2-5H3/b13-12+/t22-,23-,24-,28+,29-/m0/s1. The van der Waals surface area contributed by atoms with Crippen LogP contribution in [0.15, 0.2) is 66.3 Å². The van der Waals surface area contributed by atoms with Crippen LogP contribution in [0.3, 0.4) is 0 Å². The van der Waals surface area contributed by atoms with Gasteiger partial charge in [0.2, 0.25) is 0 Å². The fourth-order valence-corrected chi connectivity index (χ4v) is 6.96. The van der Waals surface area contributed by atoms with Crippen LogP contribution in [-0.2, 0) is 29.4 Å². The van der Waals surface area contributed by atoms with Gasteiger partial charge in [0.15, 0.2) is 0 Å². The first kappa shape index (κ1) is 28.1. The van der Waals surface area contributed by atoms with Crippen LogP contribution in [0.25, 0.3) is 0 Å². The van der Waals surface area contributed by atoms with Gasteiger partial charge in [0.25, 0.3) is 5.60 Å². The number of methoxy groups -OCH3 is 1. The van der Waals surface area contributed by atoms with Crippen LogP contribution in [0.1, 0.15) is 52.0 Å². The van der Waals surface area contributed by atoms with Crippen LogP contribution in [0.5, 0.6) is 0 Å². The number of esters is 2. The van der Waals surface area contributed by atoms with Crippen molar-refractivity contribution in [1.82, 2.24) is 0 Å². The molecule has 5 nitrogen and oxygen atoms in total. The highest BCUT2D eigenvalue weighted by Crippen LogP contribution is 2.62. The molecule has 2 fully saturated rings. The van der Waals surface area contributed by atoms with Gasteiger partial charge in [0, 0.05) is 24.0 Å². The topological polar surface area (TPSA) is 61.8 Å². The largest absolute Gasteiger partial charge is 0.459 e. The Morgan fingerprint density at radius 1 is 1.16 bits per heavy atom. The minimum Gasteiger partial charge on any atom is -0.459 e. The van der Waals surface area contributed by atoms with Crippen LogP contribution in [0, 0.1) is 22.7 Å². The molecule has 0 aromatic heterocycles. The molecule has 0 bridgehead atoms. The van der Waals surface area contributed by atoms with E-state index in [1.165, 1.54) is 24.3 Å². The minimum absolute atomic E-state index is 0.0331. The van der Waals surface area contributed by atoms with Crippen LogP contribution < -0.4 is 0 Å². The Kier molecular flexibility index (Phi) is 7.43. The zero-order chi connectivity index (χ0) is 27.9. The third kappa shape index (κ3) is 4.51. The van der Waals surface area contributed by atoms with Crippen molar-refractivity contribution in [3.8, 4) is 0 Å². The summed E-state index contributed by atoms with van der Waals surface area (Å²) in [6.45, 7) is 10.6. The summed E-state index contributed by atoms with van der Waals surface area (Å²) >= 11 is 0. The first-order valence-corrected chi connectivity index (χ1v) is 12.9. The summed E-state index contributed by atoms with van der Waals surface area (Å²) in [6, 6.07) is 6.88. The lowest BCUT2D eigenvalue weighted by atomic mass is 9.47. The molecule has 0 amide bonds. The van der Waals surface area contributed by atoms with Crippen molar-refractivity contribution >= 4 is 11.9 Å². The van der Waals surface area contributed by atoms with E-state index in [2.05, 4.69) is 13.5 Å². The molecule has 0 N–H and O–H groups in total. The molecule has 0 unspecified atom stereocenters. The Balaban J connectivity index is 1.62. The summed E-state index contributed by atoms with van der Waals surface area (Å²) in [5.41, 5.74) is -2.88. The summed E-state index contributed by atoms with van der Waals surface area (Å²) in [7, 11) is 0.879. The van der Waals surface area contributed by atoms with Gasteiger partial charge in [-0.3, -0.25) is 0 Å². The number of fused-ring (bicyclic) bond motifs is 1. The Bertz CT molecular complexity index is 1150. The van der Waals surface area contributed by atoms with Crippen LogP contribution in [-0.4, -0.2) is 37.9 Å². The third-order valence-electron chi connectivity index (χ3n) is 9.02. The molecule has 8 heteroatoms.